The molecule has 0 radical (unpaired) electrons. The van der Waals surface area contributed by atoms with E-state index in [1.807, 2.05) is 6.07 Å². The molecule has 20 heavy (non-hydrogen) atoms. The Balaban J connectivity index is 1.86. The monoisotopic (exact) mass is 307 g/mol. The van der Waals surface area contributed by atoms with Gasteiger partial charge in [-0.3, -0.25) is 0 Å². The van der Waals surface area contributed by atoms with E-state index >= 15 is 0 Å². The number of hydrogen-bond acceptors (Lipinski definition) is 3. The number of rotatable bonds is 5. The highest BCUT2D eigenvalue weighted by molar-refractivity contribution is 6.34. The van der Waals surface area contributed by atoms with Gasteiger partial charge in [0.25, 0.3) is 0 Å². The van der Waals surface area contributed by atoms with E-state index in [1.54, 1.807) is 36.4 Å². The summed E-state index contributed by atoms with van der Waals surface area (Å²) in [4.78, 5) is 0. The maximum absolute atomic E-state index is 8.92. The predicted molar refractivity (Wildman–Crippen MR) is 78.6 cm³/mol. The maximum Gasteiger partial charge on any atom is 0.137 e. The summed E-state index contributed by atoms with van der Waals surface area (Å²) in [5, 5.41) is 9.96. The van der Waals surface area contributed by atoms with Crippen molar-refractivity contribution in [2.45, 2.75) is 0 Å². The molecule has 2 rings (SSSR count). The van der Waals surface area contributed by atoms with Crippen LogP contribution in [0.25, 0.3) is 0 Å². The van der Waals surface area contributed by atoms with Crippen LogP contribution < -0.4 is 9.47 Å². The van der Waals surface area contributed by atoms with Gasteiger partial charge in [0.1, 0.15) is 30.8 Å². The first-order chi connectivity index (χ1) is 9.69. The highest BCUT2D eigenvalue weighted by atomic mass is 35.5. The summed E-state index contributed by atoms with van der Waals surface area (Å²) in [6.07, 6.45) is 0. The normalized spacial score (nSPS) is 9.85. The molecule has 0 spiro atoms. The van der Waals surface area contributed by atoms with Gasteiger partial charge in [-0.15, -0.1) is 0 Å². The zero-order chi connectivity index (χ0) is 14.4. The molecule has 0 aliphatic carbocycles. The van der Waals surface area contributed by atoms with E-state index in [0.717, 1.165) is 0 Å². The highest BCUT2D eigenvalue weighted by Crippen LogP contribution is 2.24. The van der Waals surface area contributed by atoms with E-state index in [0.29, 0.717) is 40.3 Å². The van der Waals surface area contributed by atoms with Gasteiger partial charge in [0, 0.05) is 10.0 Å². The highest BCUT2D eigenvalue weighted by Gasteiger charge is 2.02. The fourth-order valence-electron chi connectivity index (χ4n) is 1.61. The van der Waals surface area contributed by atoms with Crippen molar-refractivity contribution in [3.63, 3.8) is 0 Å². The fourth-order valence-corrected chi connectivity index (χ4v) is 2.11. The molecule has 0 amide bonds. The topological polar surface area (TPSA) is 42.2 Å². The minimum Gasteiger partial charge on any atom is -0.490 e. The molecule has 0 aliphatic heterocycles. The Morgan fingerprint density at radius 1 is 0.950 bits per heavy atom. The molecule has 0 aliphatic rings. The van der Waals surface area contributed by atoms with Gasteiger partial charge >= 0.3 is 0 Å². The van der Waals surface area contributed by atoms with Crippen LogP contribution in [0.5, 0.6) is 11.5 Å². The average molecular weight is 308 g/mol. The summed E-state index contributed by atoms with van der Waals surface area (Å²) < 4.78 is 11.0. The van der Waals surface area contributed by atoms with E-state index in [1.165, 1.54) is 0 Å². The summed E-state index contributed by atoms with van der Waals surface area (Å²) in [6, 6.07) is 14.1. The largest absolute Gasteiger partial charge is 0.490 e. The van der Waals surface area contributed by atoms with Gasteiger partial charge < -0.3 is 9.47 Å². The summed E-state index contributed by atoms with van der Waals surface area (Å²) >= 11 is 11.7. The van der Waals surface area contributed by atoms with E-state index in [2.05, 4.69) is 6.07 Å². The molecule has 0 N–H and O–H groups in total. The molecule has 3 nitrogen and oxygen atoms in total. The first-order valence-corrected chi connectivity index (χ1v) is 6.65. The van der Waals surface area contributed by atoms with Gasteiger partial charge in [-0.25, -0.2) is 0 Å². The SMILES string of the molecule is N#Cc1ccccc1OCCOc1cc(Cl)cc(Cl)c1. The first kappa shape index (κ1) is 14.5. The van der Waals surface area contributed by atoms with Crippen molar-refractivity contribution in [3.05, 3.63) is 58.1 Å². The quantitative estimate of drug-likeness (QED) is 0.772. The van der Waals surface area contributed by atoms with Crippen LogP contribution in [0.4, 0.5) is 0 Å². The van der Waals surface area contributed by atoms with Crippen LogP contribution in [0.1, 0.15) is 5.56 Å². The fraction of sp³-hybridized carbons (Fsp3) is 0.133. The number of nitrogens with zero attached hydrogens (tertiary/aromatic N) is 1. The standard InChI is InChI=1S/C15H11Cl2NO2/c16-12-7-13(17)9-14(8-12)19-5-6-20-15-4-2-1-3-11(15)10-18/h1-4,7-9H,5-6H2. The van der Waals surface area contributed by atoms with Crippen molar-refractivity contribution in [3.8, 4) is 17.6 Å². The molecule has 5 heteroatoms. The first-order valence-electron chi connectivity index (χ1n) is 5.90. The molecule has 0 heterocycles. The van der Waals surface area contributed by atoms with E-state index in [9.17, 15) is 0 Å². The Hall–Kier alpha value is -1.89. The van der Waals surface area contributed by atoms with Crippen molar-refractivity contribution in [1.29, 1.82) is 5.26 Å². The average Bonchev–Trinajstić information content (AvgIpc) is 2.43. The maximum atomic E-state index is 8.92. The van der Waals surface area contributed by atoms with Gasteiger partial charge in [0.05, 0.1) is 5.56 Å². The van der Waals surface area contributed by atoms with Crippen LogP contribution >= 0.6 is 23.2 Å². The minimum absolute atomic E-state index is 0.322. The summed E-state index contributed by atoms with van der Waals surface area (Å²) in [5.74, 6) is 1.13. The van der Waals surface area contributed by atoms with Gasteiger partial charge in [-0.1, -0.05) is 35.3 Å². The van der Waals surface area contributed by atoms with Gasteiger partial charge in [0.15, 0.2) is 0 Å². The third-order valence-electron chi connectivity index (χ3n) is 2.45. The second-order valence-corrected chi connectivity index (χ2v) is 4.78. The van der Waals surface area contributed by atoms with Crippen LogP contribution in [0.15, 0.2) is 42.5 Å². The Labute approximate surface area is 127 Å². The molecule has 0 bridgehead atoms. The molecular formula is C15H11Cl2NO2. The number of benzene rings is 2. The molecule has 0 atom stereocenters. The molecule has 0 saturated heterocycles. The summed E-state index contributed by atoms with van der Waals surface area (Å²) in [7, 11) is 0. The van der Waals surface area contributed by atoms with Crippen LogP contribution in [0, 0.1) is 11.3 Å². The number of hydrogen-bond donors (Lipinski definition) is 0. The van der Waals surface area contributed by atoms with Crippen LogP contribution in [-0.4, -0.2) is 13.2 Å². The van der Waals surface area contributed by atoms with Crippen molar-refractivity contribution in [2.24, 2.45) is 0 Å². The lowest BCUT2D eigenvalue weighted by Gasteiger charge is -2.09. The van der Waals surface area contributed by atoms with Gasteiger partial charge in [-0.05, 0) is 30.3 Å². The smallest absolute Gasteiger partial charge is 0.137 e. The lowest BCUT2D eigenvalue weighted by Crippen LogP contribution is -2.09. The molecule has 0 aromatic heterocycles. The molecule has 0 unspecified atom stereocenters. The third-order valence-corrected chi connectivity index (χ3v) is 2.89. The van der Waals surface area contributed by atoms with Gasteiger partial charge in [0.2, 0.25) is 0 Å². The Kier molecular flexibility index (Phi) is 5.11. The van der Waals surface area contributed by atoms with Crippen LogP contribution in [0.2, 0.25) is 10.0 Å². The van der Waals surface area contributed by atoms with Crippen LogP contribution in [0.3, 0.4) is 0 Å². The van der Waals surface area contributed by atoms with E-state index < -0.39 is 0 Å². The lowest BCUT2D eigenvalue weighted by molar-refractivity contribution is 0.217. The molecule has 102 valence electrons. The number of halogens is 2. The Morgan fingerprint density at radius 2 is 1.60 bits per heavy atom. The predicted octanol–water partition coefficient (Wildman–Crippen LogP) is 4.32. The van der Waals surface area contributed by atoms with Crippen molar-refractivity contribution >= 4 is 23.2 Å². The number of nitriles is 1. The number of ether oxygens (including phenoxy) is 2. The minimum atomic E-state index is 0.322. The number of para-hydroxylation sites is 1. The zero-order valence-electron chi connectivity index (χ0n) is 10.5. The summed E-state index contributed by atoms with van der Waals surface area (Å²) in [5.41, 5.74) is 0.498. The van der Waals surface area contributed by atoms with E-state index in [4.69, 9.17) is 37.9 Å². The Morgan fingerprint density at radius 3 is 2.30 bits per heavy atom. The van der Waals surface area contributed by atoms with Crippen molar-refractivity contribution in [2.75, 3.05) is 13.2 Å². The second kappa shape index (κ2) is 7.04. The van der Waals surface area contributed by atoms with E-state index in [-0.39, 0.29) is 0 Å². The van der Waals surface area contributed by atoms with Gasteiger partial charge in [-0.2, -0.15) is 5.26 Å². The van der Waals surface area contributed by atoms with Crippen molar-refractivity contribution in [1.82, 2.24) is 0 Å². The van der Waals surface area contributed by atoms with Crippen LogP contribution in [-0.2, 0) is 0 Å². The van der Waals surface area contributed by atoms with Crippen molar-refractivity contribution < 1.29 is 9.47 Å². The molecular weight excluding hydrogens is 297 g/mol. The lowest BCUT2D eigenvalue weighted by atomic mass is 10.2. The summed E-state index contributed by atoms with van der Waals surface area (Å²) in [6.45, 7) is 0.652. The molecule has 0 fully saturated rings. The molecule has 2 aromatic rings. The second-order valence-electron chi connectivity index (χ2n) is 3.91. The molecule has 2 aromatic carbocycles. The third kappa shape index (κ3) is 4.06. The molecule has 0 saturated carbocycles. The zero-order valence-corrected chi connectivity index (χ0v) is 12.0. The Bertz CT molecular complexity index is 618.